The molecule has 0 spiro atoms. The molecule has 2 rings (SSSR count). The van der Waals surface area contributed by atoms with E-state index in [4.69, 9.17) is 0 Å². The molecule has 2 nitrogen and oxygen atoms in total. The van der Waals surface area contributed by atoms with Crippen molar-refractivity contribution in [2.24, 2.45) is 0 Å². The predicted octanol–water partition coefficient (Wildman–Crippen LogP) is 2.66. The standard InChI is InChI=1S/C8H6BrNOS/c1-4-2-5(9)3-6-7(4)12-8(11)10-6/h2-3H,1H3,(H,10,11). The number of hydrogen-bond acceptors (Lipinski definition) is 2. The van der Waals surface area contributed by atoms with E-state index in [1.54, 1.807) is 0 Å². The number of halogens is 1. The van der Waals surface area contributed by atoms with E-state index in [0.29, 0.717) is 0 Å². The Balaban J connectivity index is 2.97. The van der Waals surface area contributed by atoms with Crippen LogP contribution in [0, 0.1) is 6.92 Å². The monoisotopic (exact) mass is 243 g/mol. The average molecular weight is 244 g/mol. The summed E-state index contributed by atoms with van der Waals surface area (Å²) in [5, 5.41) is 0. The summed E-state index contributed by atoms with van der Waals surface area (Å²) in [7, 11) is 0. The van der Waals surface area contributed by atoms with Gasteiger partial charge in [-0.05, 0) is 24.6 Å². The zero-order chi connectivity index (χ0) is 8.72. The van der Waals surface area contributed by atoms with Crippen molar-refractivity contribution in [1.82, 2.24) is 4.98 Å². The first-order valence-electron chi connectivity index (χ1n) is 3.46. The van der Waals surface area contributed by atoms with E-state index in [1.165, 1.54) is 11.3 Å². The molecule has 0 fully saturated rings. The maximum atomic E-state index is 11.0. The summed E-state index contributed by atoms with van der Waals surface area (Å²) in [6.45, 7) is 2.00. The first kappa shape index (κ1) is 8.01. The third kappa shape index (κ3) is 1.21. The number of aromatic amines is 1. The Morgan fingerprint density at radius 3 is 3.00 bits per heavy atom. The molecule has 1 heterocycles. The molecule has 0 amide bonds. The number of aryl methyl sites for hydroxylation is 1. The number of H-pyrrole nitrogens is 1. The van der Waals surface area contributed by atoms with Crippen LogP contribution >= 0.6 is 27.3 Å². The second kappa shape index (κ2) is 2.71. The van der Waals surface area contributed by atoms with Gasteiger partial charge < -0.3 is 4.98 Å². The fraction of sp³-hybridized carbons (Fsp3) is 0.125. The van der Waals surface area contributed by atoms with E-state index in [2.05, 4.69) is 20.9 Å². The Bertz CT molecular complexity index is 485. The number of rotatable bonds is 0. The molecule has 0 aliphatic rings. The zero-order valence-corrected chi connectivity index (χ0v) is 8.75. The Morgan fingerprint density at radius 1 is 1.50 bits per heavy atom. The number of nitrogens with one attached hydrogen (secondary N) is 1. The molecule has 12 heavy (non-hydrogen) atoms. The highest BCUT2D eigenvalue weighted by molar-refractivity contribution is 9.10. The molecule has 0 bridgehead atoms. The molecule has 0 saturated heterocycles. The van der Waals surface area contributed by atoms with Crippen LogP contribution < -0.4 is 4.87 Å². The number of benzene rings is 1. The van der Waals surface area contributed by atoms with Crippen LogP contribution in [0.1, 0.15) is 5.56 Å². The lowest BCUT2D eigenvalue weighted by Crippen LogP contribution is -1.89. The van der Waals surface area contributed by atoms with Gasteiger partial charge in [0.2, 0.25) is 0 Å². The molecule has 4 heteroatoms. The quantitative estimate of drug-likeness (QED) is 0.759. The van der Waals surface area contributed by atoms with Crippen LogP contribution in [-0.2, 0) is 0 Å². The summed E-state index contributed by atoms with van der Waals surface area (Å²) in [6.07, 6.45) is 0. The summed E-state index contributed by atoms with van der Waals surface area (Å²) in [6, 6.07) is 3.92. The number of aromatic nitrogens is 1. The second-order valence-electron chi connectivity index (χ2n) is 2.61. The van der Waals surface area contributed by atoms with Crippen LogP contribution in [0.4, 0.5) is 0 Å². The highest BCUT2D eigenvalue weighted by atomic mass is 79.9. The van der Waals surface area contributed by atoms with Crippen LogP contribution in [-0.4, -0.2) is 4.98 Å². The summed E-state index contributed by atoms with van der Waals surface area (Å²) in [5.41, 5.74) is 2.04. The fourth-order valence-electron chi connectivity index (χ4n) is 1.19. The van der Waals surface area contributed by atoms with Gasteiger partial charge >= 0.3 is 4.87 Å². The first-order valence-corrected chi connectivity index (χ1v) is 5.07. The second-order valence-corrected chi connectivity index (χ2v) is 4.51. The molecule has 1 aromatic heterocycles. The molecular formula is C8H6BrNOS. The number of fused-ring (bicyclic) bond motifs is 1. The molecule has 62 valence electrons. The molecule has 0 radical (unpaired) electrons. The third-order valence-electron chi connectivity index (χ3n) is 1.67. The highest BCUT2D eigenvalue weighted by Gasteiger charge is 2.02. The summed E-state index contributed by atoms with van der Waals surface area (Å²) >= 11 is 4.63. The lowest BCUT2D eigenvalue weighted by molar-refractivity contribution is 1.39. The van der Waals surface area contributed by atoms with Crippen LogP contribution in [0.5, 0.6) is 0 Å². The van der Waals surface area contributed by atoms with E-state index in [0.717, 1.165) is 20.3 Å². The van der Waals surface area contributed by atoms with Gasteiger partial charge in [-0.3, -0.25) is 4.79 Å². The molecule has 0 atom stereocenters. The lowest BCUT2D eigenvalue weighted by atomic mass is 10.2. The largest absolute Gasteiger partial charge is 0.312 e. The minimum absolute atomic E-state index is 0.00574. The van der Waals surface area contributed by atoms with Crippen molar-refractivity contribution in [3.63, 3.8) is 0 Å². The summed E-state index contributed by atoms with van der Waals surface area (Å²) < 4.78 is 2.05. The maximum absolute atomic E-state index is 11.0. The van der Waals surface area contributed by atoms with Crippen molar-refractivity contribution in [2.75, 3.05) is 0 Å². The van der Waals surface area contributed by atoms with Crippen molar-refractivity contribution in [3.8, 4) is 0 Å². The molecule has 1 N–H and O–H groups in total. The molecule has 0 aliphatic carbocycles. The van der Waals surface area contributed by atoms with Crippen LogP contribution in [0.25, 0.3) is 10.2 Å². The van der Waals surface area contributed by atoms with Crippen LogP contribution in [0.3, 0.4) is 0 Å². The smallest absolute Gasteiger partial charge is 0.305 e. The van der Waals surface area contributed by atoms with Gasteiger partial charge in [-0.25, -0.2) is 0 Å². The van der Waals surface area contributed by atoms with Crippen molar-refractivity contribution in [3.05, 3.63) is 31.8 Å². The predicted molar refractivity (Wildman–Crippen MR) is 54.9 cm³/mol. The van der Waals surface area contributed by atoms with Crippen LogP contribution in [0.2, 0.25) is 0 Å². The zero-order valence-electron chi connectivity index (χ0n) is 6.35. The van der Waals surface area contributed by atoms with Gasteiger partial charge in [0.05, 0.1) is 10.2 Å². The Kier molecular flexibility index (Phi) is 1.81. The highest BCUT2D eigenvalue weighted by Crippen LogP contribution is 2.23. The van der Waals surface area contributed by atoms with Gasteiger partial charge in [-0.2, -0.15) is 0 Å². The van der Waals surface area contributed by atoms with Gasteiger partial charge in [-0.15, -0.1) is 0 Å². The topological polar surface area (TPSA) is 32.9 Å². The van der Waals surface area contributed by atoms with Crippen LogP contribution in [0.15, 0.2) is 21.4 Å². The van der Waals surface area contributed by atoms with Gasteiger partial charge in [-0.1, -0.05) is 27.3 Å². The van der Waals surface area contributed by atoms with Gasteiger partial charge in [0.1, 0.15) is 0 Å². The van der Waals surface area contributed by atoms with Crippen molar-refractivity contribution in [2.45, 2.75) is 6.92 Å². The average Bonchev–Trinajstić information content (AvgIpc) is 2.29. The first-order chi connectivity index (χ1) is 5.66. The molecule has 1 aromatic carbocycles. The molecule has 0 saturated carbocycles. The summed E-state index contributed by atoms with van der Waals surface area (Å²) in [4.78, 5) is 13.8. The minimum atomic E-state index is 0.00574. The Labute approximate surface area is 81.4 Å². The van der Waals surface area contributed by atoms with Crippen molar-refractivity contribution < 1.29 is 0 Å². The molecule has 0 unspecified atom stereocenters. The Hall–Kier alpha value is -0.610. The fourth-order valence-corrected chi connectivity index (χ4v) is 2.54. The molecular weight excluding hydrogens is 238 g/mol. The van der Waals surface area contributed by atoms with Gasteiger partial charge in [0.25, 0.3) is 0 Å². The summed E-state index contributed by atoms with van der Waals surface area (Å²) in [5.74, 6) is 0. The normalized spacial score (nSPS) is 10.8. The van der Waals surface area contributed by atoms with E-state index in [-0.39, 0.29) is 4.87 Å². The van der Waals surface area contributed by atoms with E-state index in [9.17, 15) is 4.79 Å². The maximum Gasteiger partial charge on any atom is 0.305 e. The van der Waals surface area contributed by atoms with Gasteiger partial charge in [0.15, 0.2) is 0 Å². The number of thiazole rings is 1. The van der Waals surface area contributed by atoms with Crippen molar-refractivity contribution >= 4 is 37.5 Å². The minimum Gasteiger partial charge on any atom is -0.312 e. The lowest BCUT2D eigenvalue weighted by Gasteiger charge is -1.94. The van der Waals surface area contributed by atoms with E-state index < -0.39 is 0 Å². The third-order valence-corrected chi connectivity index (χ3v) is 3.16. The van der Waals surface area contributed by atoms with Gasteiger partial charge in [0, 0.05) is 4.47 Å². The van der Waals surface area contributed by atoms with Crippen molar-refractivity contribution in [1.29, 1.82) is 0 Å². The Morgan fingerprint density at radius 2 is 2.25 bits per heavy atom. The molecule has 2 aromatic rings. The van der Waals surface area contributed by atoms with E-state index >= 15 is 0 Å². The van der Waals surface area contributed by atoms with E-state index in [1.807, 2.05) is 19.1 Å². The number of hydrogen-bond donors (Lipinski definition) is 1. The molecule has 0 aliphatic heterocycles. The SMILES string of the molecule is Cc1cc(Br)cc2[nH]c(=O)sc12.